The molecule has 106 valence electrons. The molecule has 1 aromatic rings. The molecule has 0 atom stereocenters. The smallest absolute Gasteiger partial charge is 0.127 e. The van der Waals surface area contributed by atoms with Gasteiger partial charge in [-0.3, -0.25) is 4.90 Å². The van der Waals surface area contributed by atoms with E-state index in [-0.39, 0.29) is 5.41 Å². The van der Waals surface area contributed by atoms with Crippen molar-refractivity contribution in [3.63, 3.8) is 0 Å². The molecule has 1 aromatic carbocycles. The molecule has 0 bridgehead atoms. The Bertz CT molecular complexity index is 556. The highest BCUT2D eigenvalue weighted by Crippen LogP contribution is 2.35. The summed E-state index contributed by atoms with van der Waals surface area (Å²) in [5.74, 6) is 1.09. The molecule has 0 amide bonds. The number of fused-ring (bicyclic) bond motifs is 1. The highest BCUT2D eigenvalue weighted by molar-refractivity contribution is 9.10. The molecule has 0 aromatic heterocycles. The van der Waals surface area contributed by atoms with Gasteiger partial charge in [0, 0.05) is 23.0 Å². The Morgan fingerprint density at radius 1 is 1.40 bits per heavy atom. The minimum absolute atomic E-state index is 0.133. The molecule has 0 N–H and O–H groups in total. The fourth-order valence-electron chi connectivity index (χ4n) is 3.02. The van der Waals surface area contributed by atoms with E-state index in [0.717, 1.165) is 55.7 Å². The summed E-state index contributed by atoms with van der Waals surface area (Å²) in [7, 11) is 0. The molecule has 1 fully saturated rings. The monoisotopic (exact) mass is 334 g/mol. The number of hydrogen-bond acceptors (Lipinski definition) is 3. The summed E-state index contributed by atoms with van der Waals surface area (Å²) in [6, 6.07) is 6.79. The molecule has 0 spiro atoms. The van der Waals surface area contributed by atoms with Gasteiger partial charge >= 0.3 is 0 Å². The van der Waals surface area contributed by atoms with E-state index in [1.54, 1.807) is 0 Å². The summed E-state index contributed by atoms with van der Waals surface area (Å²) in [5.41, 5.74) is 2.45. The lowest BCUT2D eigenvalue weighted by Gasteiger charge is -2.35. The van der Waals surface area contributed by atoms with Crippen LogP contribution in [0.25, 0.3) is 0 Å². The molecule has 0 radical (unpaired) electrons. The third-order valence-corrected chi connectivity index (χ3v) is 4.91. The molecule has 1 saturated heterocycles. The minimum atomic E-state index is -0.133. The summed E-state index contributed by atoms with van der Waals surface area (Å²) in [6.07, 6.45) is 2.93. The van der Waals surface area contributed by atoms with Crippen molar-refractivity contribution in [2.24, 2.45) is 5.41 Å². The molecular weight excluding hydrogens is 316 g/mol. The zero-order chi connectivity index (χ0) is 14.2. The van der Waals surface area contributed by atoms with Crippen LogP contribution >= 0.6 is 15.9 Å². The first-order chi connectivity index (χ1) is 9.59. The minimum Gasteiger partial charge on any atom is -0.493 e. The number of hydrogen-bond donors (Lipinski definition) is 0. The standard InChI is InChI=1S/C16H19BrN2O/c1-16(11-18)3-5-19(6-4-16)10-13-9-14(17)8-12-2-7-20-15(12)13/h8-9H,2-7,10H2,1H3. The van der Waals surface area contributed by atoms with E-state index in [0.29, 0.717) is 0 Å². The Morgan fingerprint density at radius 2 is 2.15 bits per heavy atom. The molecule has 0 saturated carbocycles. The van der Waals surface area contributed by atoms with Crippen LogP contribution in [-0.4, -0.2) is 24.6 Å². The van der Waals surface area contributed by atoms with E-state index >= 15 is 0 Å². The van der Waals surface area contributed by atoms with Gasteiger partial charge in [0.05, 0.1) is 18.1 Å². The second kappa shape index (κ2) is 5.38. The van der Waals surface area contributed by atoms with Crippen LogP contribution in [0.15, 0.2) is 16.6 Å². The quantitative estimate of drug-likeness (QED) is 0.830. The van der Waals surface area contributed by atoms with Crippen LogP contribution in [-0.2, 0) is 13.0 Å². The summed E-state index contributed by atoms with van der Waals surface area (Å²) >= 11 is 3.59. The van der Waals surface area contributed by atoms with E-state index in [4.69, 9.17) is 4.74 Å². The predicted molar refractivity (Wildman–Crippen MR) is 81.6 cm³/mol. The number of ether oxygens (including phenoxy) is 1. The van der Waals surface area contributed by atoms with Gasteiger partial charge in [-0.05, 0) is 50.6 Å². The van der Waals surface area contributed by atoms with Crippen LogP contribution in [0.5, 0.6) is 5.75 Å². The molecule has 4 heteroatoms. The van der Waals surface area contributed by atoms with Crippen LogP contribution in [0, 0.1) is 16.7 Å². The van der Waals surface area contributed by atoms with Gasteiger partial charge in [0.15, 0.2) is 0 Å². The highest BCUT2D eigenvalue weighted by Gasteiger charge is 2.30. The Balaban J connectivity index is 1.72. The van der Waals surface area contributed by atoms with Gasteiger partial charge in [0.25, 0.3) is 0 Å². The maximum absolute atomic E-state index is 9.19. The van der Waals surface area contributed by atoms with Gasteiger partial charge in [0.2, 0.25) is 0 Å². The second-order valence-electron chi connectivity index (χ2n) is 6.10. The Labute approximate surface area is 128 Å². The normalized spacial score (nSPS) is 21.1. The zero-order valence-corrected chi connectivity index (χ0v) is 13.4. The first-order valence-corrected chi connectivity index (χ1v) is 7.97. The number of likely N-dealkylation sites (tertiary alicyclic amines) is 1. The third-order valence-electron chi connectivity index (χ3n) is 4.45. The topological polar surface area (TPSA) is 36.3 Å². The molecule has 3 rings (SSSR count). The van der Waals surface area contributed by atoms with Crippen LogP contribution in [0.4, 0.5) is 0 Å². The van der Waals surface area contributed by atoms with Crippen molar-refractivity contribution in [2.75, 3.05) is 19.7 Å². The maximum Gasteiger partial charge on any atom is 0.127 e. The van der Waals surface area contributed by atoms with Crippen LogP contribution < -0.4 is 4.74 Å². The van der Waals surface area contributed by atoms with Crippen molar-refractivity contribution >= 4 is 15.9 Å². The number of halogens is 1. The van der Waals surface area contributed by atoms with Crippen molar-refractivity contribution in [1.82, 2.24) is 4.90 Å². The lowest BCUT2D eigenvalue weighted by atomic mass is 9.82. The Hall–Kier alpha value is -1.05. The Morgan fingerprint density at radius 3 is 2.85 bits per heavy atom. The number of nitrogens with zero attached hydrogens (tertiary/aromatic N) is 2. The van der Waals surface area contributed by atoms with Crippen LogP contribution in [0.1, 0.15) is 30.9 Å². The SMILES string of the molecule is CC1(C#N)CCN(Cc2cc(Br)cc3c2OCC3)CC1. The highest BCUT2D eigenvalue weighted by atomic mass is 79.9. The summed E-state index contributed by atoms with van der Waals surface area (Å²) in [4.78, 5) is 2.43. The van der Waals surface area contributed by atoms with Crippen molar-refractivity contribution in [3.8, 4) is 11.8 Å². The average Bonchev–Trinajstić information content (AvgIpc) is 2.90. The molecule has 0 aliphatic carbocycles. The lowest BCUT2D eigenvalue weighted by Crippen LogP contribution is -2.37. The second-order valence-corrected chi connectivity index (χ2v) is 7.02. The fourth-order valence-corrected chi connectivity index (χ4v) is 3.57. The van der Waals surface area contributed by atoms with E-state index in [2.05, 4.69) is 46.0 Å². The third kappa shape index (κ3) is 2.70. The maximum atomic E-state index is 9.19. The van der Waals surface area contributed by atoms with Gasteiger partial charge in [-0.15, -0.1) is 0 Å². The number of nitriles is 1. The van der Waals surface area contributed by atoms with E-state index in [1.165, 1.54) is 11.1 Å². The van der Waals surface area contributed by atoms with Gasteiger partial charge < -0.3 is 4.74 Å². The van der Waals surface area contributed by atoms with Crippen molar-refractivity contribution in [1.29, 1.82) is 5.26 Å². The Kier molecular flexibility index (Phi) is 3.74. The van der Waals surface area contributed by atoms with Crippen molar-refractivity contribution in [3.05, 3.63) is 27.7 Å². The van der Waals surface area contributed by atoms with Crippen molar-refractivity contribution < 1.29 is 4.74 Å². The summed E-state index contributed by atoms with van der Waals surface area (Å²) in [5, 5.41) is 9.19. The number of benzene rings is 1. The van der Waals surface area contributed by atoms with E-state index in [1.807, 2.05) is 0 Å². The molecule has 2 aliphatic heterocycles. The molecule has 0 unspecified atom stereocenters. The molecule has 3 nitrogen and oxygen atoms in total. The first-order valence-electron chi connectivity index (χ1n) is 7.17. The van der Waals surface area contributed by atoms with Gasteiger partial charge in [-0.1, -0.05) is 15.9 Å². The average molecular weight is 335 g/mol. The van der Waals surface area contributed by atoms with Crippen LogP contribution in [0.3, 0.4) is 0 Å². The largest absolute Gasteiger partial charge is 0.493 e. The molecule has 2 heterocycles. The molecular formula is C16H19BrN2O. The summed E-state index contributed by atoms with van der Waals surface area (Å²) < 4.78 is 6.92. The van der Waals surface area contributed by atoms with Gasteiger partial charge in [-0.2, -0.15) is 5.26 Å². The van der Waals surface area contributed by atoms with Gasteiger partial charge in [-0.25, -0.2) is 0 Å². The number of rotatable bonds is 2. The molecule has 20 heavy (non-hydrogen) atoms. The van der Waals surface area contributed by atoms with Gasteiger partial charge in [0.1, 0.15) is 5.75 Å². The number of piperidine rings is 1. The summed E-state index contributed by atoms with van der Waals surface area (Å²) in [6.45, 7) is 5.77. The lowest BCUT2D eigenvalue weighted by molar-refractivity contribution is 0.149. The van der Waals surface area contributed by atoms with Crippen LogP contribution in [0.2, 0.25) is 0 Å². The fraction of sp³-hybridized carbons (Fsp3) is 0.562. The van der Waals surface area contributed by atoms with Crippen molar-refractivity contribution in [2.45, 2.75) is 32.7 Å². The zero-order valence-electron chi connectivity index (χ0n) is 11.8. The molecule has 2 aliphatic rings. The predicted octanol–water partition coefficient (Wildman–Crippen LogP) is 3.51. The van der Waals surface area contributed by atoms with E-state index in [9.17, 15) is 5.26 Å². The van der Waals surface area contributed by atoms with E-state index < -0.39 is 0 Å². The first kappa shape index (κ1) is 13.9.